The summed E-state index contributed by atoms with van der Waals surface area (Å²) in [4.78, 5) is 0. The van der Waals surface area contributed by atoms with E-state index in [2.05, 4.69) is 11.4 Å². The molecule has 4 heteroatoms. The molecule has 2 rings (SSSR count). The summed E-state index contributed by atoms with van der Waals surface area (Å²) in [6.07, 6.45) is 0. The van der Waals surface area contributed by atoms with Crippen LogP contribution in [-0.2, 0) is 6.54 Å². The zero-order valence-corrected chi connectivity index (χ0v) is 12.3. The lowest BCUT2D eigenvalue weighted by molar-refractivity contribution is 0.415. The van der Waals surface area contributed by atoms with E-state index >= 15 is 0 Å². The van der Waals surface area contributed by atoms with Crippen LogP contribution < -0.4 is 10.1 Å². The summed E-state index contributed by atoms with van der Waals surface area (Å²) in [6.45, 7) is 0.734. The van der Waals surface area contributed by atoms with E-state index < -0.39 is 0 Å². The van der Waals surface area contributed by atoms with Crippen LogP contribution in [0.5, 0.6) is 5.75 Å². The number of benzene rings is 2. The van der Waals surface area contributed by atoms with Gasteiger partial charge in [0.05, 0.1) is 12.1 Å². The fourth-order valence-electron chi connectivity index (χ4n) is 1.92. The quantitative estimate of drug-likeness (QED) is 0.903. The number of hydrogen-bond donors (Lipinski definition) is 1. The number of ether oxygens (including phenoxy) is 1. The highest BCUT2D eigenvalue weighted by molar-refractivity contribution is 6.32. The summed E-state index contributed by atoms with van der Waals surface area (Å²) < 4.78 is 5.24. The van der Waals surface area contributed by atoms with Gasteiger partial charge in [-0.25, -0.2) is 0 Å². The number of methoxy groups -OCH3 is 1. The first-order chi connectivity index (χ1) is 9.15. The molecule has 0 unspecified atom stereocenters. The van der Waals surface area contributed by atoms with E-state index in [-0.39, 0.29) is 0 Å². The maximum atomic E-state index is 6.16. The van der Waals surface area contributed by atoms with E-state index in [0.717, 1.165) is 28.3 Å². The highest BCUT2D eigenvalue weighted by atomic mass is 35.5. The Bertz CT molecular complexity index is 584. The molecule has 0 aliphatic carbocycles. The zero-order chi connectivity index (χ0) is 13.8. The topological polar surface area (TPSA) is 21.3 Å². The molecule has 2 aromatic rings. The van der Waals surface area contributed by atoms with Gasteiger partial charge < -0.3 is 10.1 Å². The maximum Gasteiger partial charge on any atom is 0.138 e. The molecule has 0 saturated heterocycles. The third kappa shape index (κ3) is 3.21. The van der Waals surface area contributed by atoms with Crippen LogP contribution in [0.2, 0.25) is 10.0 Å². The summed E-state index contributed by atoms with van der Waals surface area (Å²) in [5.74, 6) is 0.671. The largest absolute Gasteiger partial charge is 0.495 e. The molecule has 0 spiro atoms. The average Bonchev–Trinajstić information content (AvgIpc) is 2.42. The number of rotatable bonds is 4. The van der Waals surface area contributed by atoms with Crippen molar-refractivity contribution in [1.29, 1.82) is 0 Å². The maximum absolute atomic E-state index is 6.16. The second-order valence-corrected chi connectivity index (χ2v) is 5.00. The van der Waals surface area contributed by atoms with Gasteiger partial charge in [-0.3, -0.25) is 0 Å². The summed E-state index contributed by atoms with van der Waals surface area (Å²) in [5, 5.41) is 4.48. The average molecular weight is 296 g/mol. The van der Waals surface area contributed by atoms with Gasteiger partial charge in [-0.05, 0) is 48.0 Å². The lowest BCUT2D eigenvalue weighted by Crippen LogP contribution is -2.05. The van der Waals surface area contributed by atoms with Gasteiger partial charge >= 0.3 is 0 Å². The van der Waals surface area contributed by atoms with Crippen LogP contribution in [0.25, 0.3) is 11.1 Å². The fourth-order valence-corrected chi connectivity index (χ4v) is 2.30. The van der Waals surface area contributed by atoms with Crippen molar-refractivity contribution in [3.63, 3.8) is 0 Å². The van der Waals surface area contributed by atoms with Crippen LogP contribution in [0.15, 0.2) is 36.4 Å². The molecule has 0 aromatic heterocycles. The SMILES string of the molecule is CNCc1cc(-c2ccc(Cl)c(OC)c2)ccc1Cl. The van der Waals surface area contributed by atoms with Crippen molar-refractivity contribution in [3.05, 3.63) is 52.0 Å². The van der Waals surface area contributed by atoms with Crippen molar-refractivity contribution < 1.29 is 4.74 Å². The van der Waals surface area contributed by atoms with Gasteiger partial charge in [0, 0.05) is 11.6 Å². The summed E-state index contributed by atoms with van der Waals surface area (Å²) in [7, 11) is 3.51. The molecule has 19 heavy (non-hydrogen) atoms. The lowest BCUT2D eigenvalue weighted by atomic mass is 10.0. The molecule has 1 N–H and O–H groups in total. The standard InChI is InChI=1S/C15H15Cl2NO/c1-18-9-12-7-10(3-5-13(12)16)11-4-6-14(17)15(8-11)19-2/h3-8,18H,9H2,1-2H3. The smallest absolute Gasteiger partial charge is 0.138 e. The van der Waals surface area contributed by atoms with Gasteiger partial charge in [0.25, 0.3) is 0 Å². The van der Waals surface area contributed by atoms with Crippen LogP contribution in [0.3, 0.4) is 0 Å². The van der Waals surface area contributed by atoms with Gasteiger partial charge in [0.2, 0.25) is 0 Å². The van der Waals surface area contributed by atoms with E-state index in [9.17, 15) is 0 Å². The van der Waals surface area contributed by atoms with Gasteiger partial charge in [-0.1, -0.05) is 35.3 Å². The van der Waals surface area contributed by atoms with Gasteiger partial charge in [-0.15, -0.1) is 0 Å². The number of nitrogens with one attached hydrogen (secondary N) is 1. The van der Waals surface area contributed by atoms with Crippen molar-refractivity contribution in [2.45, 2.75) is 6.54 Å². The van der Waals surface area contributed by atoms with Crippen molar-refractivity contribution in [3.8, 4) is 16.9 Å². The molecule has 0 atom stereocenters. The predicted molar refractivity (Wildman–Crippen MR) is 81.2 cm³/mol. The Balaban J connectivity index is 2.44. The molecule has 0 heterocycles. The van der Waals surface area contributed by atoms with Crippen LogP contribution in [0, 0.1) is 0 Å². The Morgan fingerprint density at radius 2 is 1.63 bits per heavy atom. The third-order valence-electron chi connectivity index (χ3n) is 2.90. The molecule has 2 aromatic carbocycles. The van der Waals surface area contributed by atoms with Crippen molar-refractivity contribution >= 4 is 23.2 Å². The molecule has 0 amide bonds. The normalized spacial score (nSPS) is 10.5. The van der Waals surface area contributed by atoms with E-state index in [1.54, 1.807) is 7.11 Å². The molecule has 0 bridgehead atoms. The van der Waals surface area contributed by atoms with E-state index in [1.165, 1.54) is 0 Å². The Labute approximate surface area is 123 Å². The number of halogens is 2. The first-order valence-electron chi connectivity index (χ1n) is 5.92. The monoisotopic (exact) mass is 295 g/mol. The van der Waals surface area contributed by atoms with E-state index in [0.29, 0.717) is 10.8 Å². The van der Waals surface area contributed by atoms with Crippen molar-refractivity contribution in [2.75, 3.05) is 14.2 Å². The first kappa shape index (κ1) is 14.2. The second kappa shape index (κ2) is 6.29. The van der Waals surface area contributed by atoms with Crippen LogP contribution >= 0.6 is 23.2 Å². The minimum absolute atomic E-state index is 0.607. The Morgan fingerprint density at radius 1 is 1.00 bits per heavy atom. The summed E-state index contributed by atoms with van der Waals surface area (Å²) in [5.41, 5.74) is 3.20. The molecular weight excluding hydrogens is 281 g/mol. The molecular formula is C15H15Cl2NO. The van der Waals surface area contributed by atoms with Gasteiger partial charge in [0.15, 0.2) is 0 Å². The minimum Gasteiger partial charge on any atom is -0.495 e. The third-order valence-corrected chi connectivity index (χ3v) is 3.58. The van der Waals surface area contributed by atoms with Crippen LogP contribution in [-0.4, -0.2) is 14.2 Å². The molecule has 100 valence electrons. The predicted octanol–water partition coefficient (Wildman–Crippen LogP) is 4.39. The lowest BCUT2D eigenvalue weighted by Gasteiger charge is -2.10. The van der Waals surface area contributed by atoms with E-state index in [4.69, 9.17) is 27.9 Å². The minimum atomic E-state index is 0.607. The molecule has 2 nitrogen and oxygen atoms in total. The first-order valence-corrected chi connectivity index (χ1v) is 6.68. The fraction of sp³-hybridized carbons (Fsp3) is 0.200. The highest BCUT2D eigenvalue weighted by Crippen LogP contribution is 2.31. The highest BCUT2D eigenvalue weighted by Gasteiger charge is 2.06. The Morgan fingerprint density at radius 3 is 2.26 bits per heavy atom. The summed E-state index contributed by atoms with van der Waals surface area (Å²) in [6, 6.07) is 11.7. The van der Waals surface area contributed by atoms with Crippen LogP contribution in [0.1, 0.15) is 5.56 Å². The van der Waals surface area contributed by atoms with Crippen molar-refractivity contribution in [2.24, 2.45) is 0 Å². The molecule has 0 fully saturated rings. The van der Waals surface area contributed by atoms with Crippen molar-refractivity contribution in [1.82, 2.24) is 5.32 Å². The molecule has 0 aliphatic rings. The van der Waals surface area contributed by atoms with Crippen LogP contribution in [0.4, 0.5) is 0 Å². The number of hydrogen-bond acceptors (Lipinski definition) is 2. The zero-order valence-electron chi connectivity index (χ0n) is 10.8. The molecule has 0 saturated carbocycles. The van der Waals surface area contributed by atoms with Gasteiger partial charge in [0.1, 0.15) is 5.75 Å². The summed E-state index contributed by atoms with van der Waals surface area (Å²) >= 11 is 12.2. The second-order valence-electron chi connectivity index (χ2n) is 4.19. The Hall–Kier alpha value is -1.22. The molecule has 0 aliphatic heterocycles. The Kier molecular flexibility index (Phi) is 4.70. The van der Waals surface area contributed by atoms with E-state index in [1.807, 2.05) is 37.4 Å². The van der Waals surface area contributed by atoms with Gasteiger partial charge in [-0.2, -0.15) is 0 Å². The molecule has 0 radical (unpaired) electrons.